The molecule has 0 saturated carbocycles. The van der Waals surface area contributed by atoms with Gasteiger partial charge in [-0.1, -0.05) is 26.0 Å². The Bertz CT molecular complexity index is 897. The average Bonchev–Trinajstić information content (AvgIpc) is 2.55. The summed E-state index contributed by atoms with van der Waals surface area (Å²) in [7, 11) is 0. The molecule has 1 amide bonds. The Morgan fingerprint density at radius 1 is 1.24 bits per heavy atom. The predicted molar refractivity (Wildman–Crippen MR) is 92.5 cm³/mol. The number of amides is 1. The topological polar surface area (TPSA) is 121 Å². The van der Waals surface area contributed by atoms with Crippen LogP contribution in [-0.4, -0.2) is 32.6 Å². The SMILES string of the molecule is CC(C)[C@H](NC(=O)CCCn1c(=O)[nH]c2ccccc2c1=O)C(=O)O. The molecule has 0 saturated heterocycles. The number of carbonyl (C=O) groups is 2. The molecule has 1 aromatic heterocycles. The van der Waals surface area contributed by atoms with Gasteiger partial charge >= 0.3 is 11.7 Å². The van der Waals surface area contributed by atoms with Crippen LogP contribution >= 0.6 is 0 Å². The second kappa shape index (κ2) is 7.78. The van der Waals surface area contributed by atoms with Crippen LogP contribution in [0.2, 0.25) is 0 Å². The molecule has 0 fully saturated rings. The third-order valence-electron chi connectivity index (χ3n) is 3.92. The molecular formula is C17H21N3O5. The highest BCUT2D eigenvalue weighted by Gasteiger charge is 2.23. The second-order valence-electron chi connectivity index (χ2n) is 6.16. The molecule has 134 valence electrons. The van der Waals surface area contributed by atoms with Crippen molar-refractivity contribution in [2.45, 2.75) is 39.3 Å². The number of aliphatic carboxylic acids is 1. The highest BCUT2D eigenvalue weighted by molar-refractivity contribution is 5.83. The van der Waals surface area contributed by atoms with Crippen molar-refractivity contribution in [3.05, 3.63) is 45.1 Å². The normalized spacial score (nSPS) is 12.3. The lowest BCUT2D eigenvalue weighted by Crippen LogP contribution is -2.44. The summed E-state index contributed by atoms with van der Waals surface area (Å²) in [4.78, 5) is 50.0. The molecule has 8 nitrogen and oxygen atoms in total. The third kappa shape index (κ3) is 4.34. The highest BCUT2D eigenvalue weighted by Crippen LogP contribution is 2.05. The number of para-hydroxylation sites is 1. The smallest absolute Gasteiger partial charge is 0.328 e. The summed E-state index contributed by atoms with van der Waals surface area (Å²) < 4.78 is 1.05. The number of benzene rings is 1. The number of nitrogens with one attached hydrogen (secondary N) is 2. The van der Waals surface area contributed by atoms with Crippen LogP contribution in [-0.2, 0) is 16.1 Å². The van der Waals surface area contributed by atoms with E-state index in [0.717, 1.165) is 4.57 Å². The lowest BCUT2D eigenvalue weighted by Gasteiger charge is -2.17. The first-order valence-electron chi connectivity index (χ1n) is 8.05. The van der Waals surface area contributed by atoms with E-state index < -0.39 is 29.2 Å². The van der Waals surface area contributed by atoms with Crippen molar-refractivity contribution in [3.63, 3.8) is 0 Å². The average molecular weight is 347 g/mol. The number of H-pyrrole nitrogens is 1. The van der Waals surface area contributed by atoms with E-state index in [1.165, 1.54) is 0 Å². The van der Waals surface area contributed by atoms with Crippen molar-refractivity contribution >= 4 is 22.8 Å². The van der Waals surface area contributed by atoms with Crippen molar-refractivity contribution in [1.29, 1.82) is 0 Å². The Hall–Kier alpha value is -2.90. The first-order chi connectivity index (χ1) is 11.8. The van der Waals surface area contributed by atoms with Gasteiger partial charge in [-0.15, -0.1) is 0 Å². The fraction of sp³-hybridized carbons (Fsp3) is 0.412. The Balaban J connectivity index is 2.04. The van der Waals surface area contributed by atoms with E-state index in [-0.39, 0.29) is 25.3 Å². The molecule has 0 radical (unpaired) electrons. The maximum Gasteiger partial charge on any atom is 0.328 e. The van der Waals surface area contributed by atoms with Crippen molar-refractivity contribution in [3.8, 4) is 0 Å². The van der Waals surface area contributed by atoms with Crippen molar-refractivity contribution in [1.82, 2.24) is 14.9 Å². The van der Waals surface area contributed by atoms with Gasteiger partial charge in [0.15, 0.2) is 0 Å². The quantitative estimate of drug-likeness (QED) is 0.680. The number of rotatable bonds is 7. The number of aromatic nitrogens is 2. The van der Waals surface area contributed by atoms with Crippen LogP contribution in [0.15, 0.2) is 33.9 Å². The first kappa shape index (κ1) is 18.4. The van der Waals surface area contributed by atoms with Crippen LogP contribution in [0, 0.1) is 5.92 Å². The van der Waals surface area contributed by atoms with E-state index >= 15 is 0 Å². The summed E-state index contributed by atoms with van der Waals surface area (Å²) in [5.41, 5.74) is -0.479. The van der Waals surface area contributed by atoms with Gasteiger partial charge in [-0.2, -0.15) is 0 Å². The van der Waals surface area contributed by atoms with E-state index in [0.29, 0.717) is 10.9 Å². The third-order valence-corrected chi connectivity index (χ3v) is 3.92. The monoisotopic (exact) mass is 347 g/mol. The number of fused-ring (bicyclic) bond motifs is 1. The van der Waals surface area contributed by atoms with Gasteiger partial charge in [0.1, 0.15) is 6.04 Å². The molecular weight excluding hydrogens is 326 g/mol. The predicted octanol–water partition coefficient (Wildman–Crippen LogP) is 0.695. The van der Waals surface area contributed by atoms with E-state index in [9.17, 15) is 19.2 Å². The van der Waals surface area contributed by atoms with Crippen LogP contribution < -0.4 is 16.6 Å². The largest absolute Gasteiger partial charge is 0.480 e. The van der Waals surface area contributed by atoms with E-state index in [2.05, 4.69) is 10.3 Å². The summed E-state index contributed by atoms with van der Waals surface area (Å²) in [5.74, 6) is -1.76. The molecule has 0 aliphatic carbocycles. The maximum absolute atomic E-state index is 12.3. The second-order valence-corrected chi connectivity index (χ2v) is 6.16. The Morgan fingerprint density at radius 2 is 1.92 bits per heavy atom. The number of carboxylic acid groups (broad SMARTS) is 1. The molecule has 2 aromatic rings. The van der Waals surface area contributed by atoms with Gasteiger partial charge in [-0.3, -0.25) is 14.2 Å². The summed E-state index contributed by atoms with van der Waals surface area (Å²) in [6, 6.07) is 5.74. The number of hydrogen-bond donors (Lipinski definition) is 3. The van der Waals surface area contributed by atoms with Crippen LogP contribution in [0.5, 0.6) is 0 Å². The number of aromatic amines is 1. The maximum atomic E-state index is 12.3. The summed E-state index contributed by atoms with van der Waals surface area (Å²) >= 11 is 0. The summed E-state index contributed by atoms with van der Waals surface area (Å²) in [6.07, 6.45) is 0.271. The molecule has 1 heterocycles. The standard InChI is InChI=1S/C17H21N3O5/c1-10(2)14(16(23)24)19-13(21)8-5-9-20-15(22)11-6-3-4-7-12(11)18-17(20)25/h3-4,6-7,10,14H,5,8-9H2,1-2H3,(H,18,25)(H,19,21)(H,23,24)/t14-/m0/s1. The van der Waals surface area contributed by atoms with E-state index in [4.69, 9.17) is 5.11 Å². The highest BCUT2D eigenvalue weighted by atomic mass is 16.4. The van der Waals surface area contributed by atoms with E-state index in [1.54, 1.807) is 38.1 Å². The molecule has 0 spiro atoms. The molecule has 0 unspecified atom stereocenters. The van der Waals surface area contributed by atoms with Gasteiger partial charge in [-0.05, 0) is 24.5 Å². The number of hydrogen-bond acceptors (Lipinski definition) is 4. The van der Waals surface area contributed by atoms with Crippen molar-refractivity contribution in [2.75, 3.05) is 0 Å². The summed E-state index contributed by atoms with van der Waals surface area (Å²) in [6.45, 7) is 3.48. The minimum atomic E-state index is -1.09. The van der Waals surface area contributed by atoms with Gasteiger partial charge in [0.05, 0.1) is 10.9 Å². The molecule has 1 aromatic carbocycles. The molecule has 2 rings (SSSR count). The number of nitrogens with zero attached hydrogens (tertiary/aromatic N) is 1. The Kier molecular flexibility index (Phi) is 5.74. The molecule has 25 heavy (non-hydrogen) atoms. The fourth-order valence-electron chi connectivity index (χ4n) is 2.56. The van der Waals surface area contributed by atoms with Crippen LogP contribution in [0.3, 0.4) is 0 Å². The first-order valence-corrected chi connectivity index (χ1v) is 8.05. The molecule has 0 bridgehead atoms. The van der Waals surface area contributed by atoms with Gasteiger partial charge in [0.25, 0.3) is 5.56 Å². The van der Waals surface area contributed by atoms with Crippen LogP contribution in [0.4, 0.5) is 0 Å². The van der Waals surface area contributed by atoms with Crippen molar-refractivity contribution in [2.24, 2.45) is 5.92 Å². The molecule has 0 aliphatic heterocycles. The van der Waals surface area contributed by atoms with Crippen LogP contribution in [0.25, 0.3) is 10.9 Å². The minimum absolute atomic E-state index is 0.0230. The molecule has 0 aliphatic rings. The molecule has 1 atom stereocenters. The van der Waals surface area contributed by atoms with Crippen LogP contribution in [0.1, 0.15) is 26.7 Å². The van der Waals surface area contributed by atoms with E-state index in [1.807, 2.05) is 0 Å². The van der Waals surface area contributed by atoms with Gasteiger partial charge in [-0.25, -0.2) is 9.59 Å². The zero-order valence-electron chi connectivity index (χ0n) is 14.1. The number of carboxylic acids is 1. The molecule has 3 N–H and O–H groups in total. The zero-order chi connectivity index (χ0) is 18.6. The minimum Gasteiger partial charge on any atom is -0.480 e. The van der Waals surface area contributed by atoms with Gasteiger partial charge < -0.3 is 15.4 Å². The zero-order valence-corrected chi connectivity index (χ0v) is 14.1. The lowest BCUT2D eigenvalue weighted by atomic mass is 10.0. The Morgan fingerprint density at radius 3 is 2.56 bits per heavy atom. The lowest BCUT2D eigenvalue weighted by molar-refractivity contribution is -0.143. The number of carbonyl (C=O) groups excluding carboxylic acids is 1. The van der Waals surface area contributed by atoms with Gasteiger partial charge in [0.2, 0.25) is 5.91 Å². The Labute approximate surface area is 143 Å². The van der Waals surface area contributed by atoms with Crippen molar-refractivity contribution < 1.29 is 14.7 Å². The van der Waals surface area contributed by atoms with Gasteiger partial charge in [0, 0.05) is 13.0 Å². The fourth-order valence-corrected chi connectivity index (χ4v) is 2.56. The summed E-state index contributed by atoms with van der Waals surface area (Å²) in [5, 5.41) is 11.9. The molecule has 8 heteroatoms.